The fourth-order valence-corrected chi connectivity index (χ4v) is 3.69. The summed E-state index contributed by atoms with van der Waals surface area (Å²) < 4.78 is 5.58. The second-order valence-electron chi connectivity index (χ2n) is 7.89. The average molecular weight is 473 g/mol. The van der Waals surface area contributed by atoms with Gasteiger partial charge in [0.25, 0.3) is 5.91 Å². The van der Waals surface area contributed by atoms with Crippen LogP contribution in [-0.4, -0.2) is 47.1 Å². The van der Waals surface area contributed by atoms with Crippen LogP contribution in [0.3, 0.4) is 0 Å². The zero-order chi connectivity index (χ0) is 25.1. The summed E-state index contributed by atoms with van der Waals surface area (Å²) in [7, 11) is 0. The molecule has 2 aromatic rings. The minimum absolute atomic E-state index is 0.0524. The number of furan rings is 1. The molecule has 184 valence electrons. The number of hydrogen-bond donors (Lipinski definition) is 4. The van der Waals surface area contributed by atoms with Gasteiger partial charge in [-0.25, -0.2) is 5.06 Å². The molecule has 2 atom stereocenters. The van der Waals surface area contributed by atoms with Crippen molar-refractivity contribution in [2.75, 3.05) is 6.67 Å². The number of hydroxylamine groups is 2. The second-order valence-corrected chi connectivity index (χ2v) is 7.89. The van der Waals surface area contributed by atoms with Gasteiger partial charge in [0.2, 0.25) is 18.2 Å². The third kappa shape index (κ3) is 7.17. The molecule has 1 aromatic heterocycles. The van der Waals surface area contributed by atoms with Crippen LogP contribution in [0.5, 0.6) is 0 Å². The number of amides is 4. The van der Waals surface area contributed by atoms with Gasteiger partial charge in [-0.1, -0.05) is 45.2 Å². The minimum atomic E-state index is -0.654. The van der Waals surface area contributed by atoms with Gasteiger partial charge in [0.15, 0.2) is 5.76 Å². The molecule has 0 unspecified atom stereocenters. The Bertz CT molecular complexity index is 972. The maximum atomic E-state index is 12.8. The van der Waals surface area contributed by atoms with Crippen LogP contribution in [0, 0.1) is 5.92 Å². The summed E-state index contributed by atoms with van der Waals surface area (Å²) in [5.74, 6) is -1.54. The van der Waals surface area contributed by atoms with E-state index in [2.05, 4.69) is 10.6 Å². The molecular weight excluding hydrogens is 440 g/mol. The molecule has 1 aromatic carbocycles. The first-order valence-corrected chi connectivity index (χ1v) is 11.3. The average Bonchev–Trinajstić information content (AvgIpc) is 3.33. The minimum Gasteiger partial charge on any atom is -0.451 e. The monoisotopic (exact) mass is 472 g/mol. The van der Waals surface area contributed by atoms with Crippen molar-refractivity contribution >= 4 is 24.1 Å². The van der Waals surface area contributed by atoms with Crippen LogP contribution >= 0.6 is 0 Å². The molecule has 0 radical (unpaired) electrons. The lowest BCUT2D eigenvalue weighted by Crippen LogP contribution is -2.47. The van der Waals surface area contributed by atoms with E-state index in [4.69, 9.17) is 10.2 Å². The first-order valence-electron chi connectivity index (χ1n) is 11.3. The summed E-state index contributed by atoms with van der Waals surface area (Å²) in [6.45, 7) is 3.69. The van der Waals surface area contributed by atoms with Gasteiger partial charge in [-0.3, -0.25) is 24.4 Å². The highest BCUT2D eigenvalue weighted by atomic mass is 16.5. The molecule has 10 heteroatoms. The summed E-state index contributed by atoms with van der Waals surface area (Å²) in [5.41, 5.74) is 6.26. The summed E-state index contributed by atoms with van der Waals surface area (Å²) in [5, 5.41) is 15.6. The van der Waals surface area contributed by atoms with Crippen molar-refractivity contribution < 1.29 is 28.8 Å². The summed E-state index contributed by atoms with van der Waals surface area (Å²) >= 11 is 0. The van der Waals surface area contributed by atoms with Crippen molar-refractivity contribution in [2.45, 2.75) is 52.0 Å². The highest BCUT2D eigenvalue weighted by Gasteiger charge is 2.30. The molecule has 0 saturated heterocycles. The van der Waals surface area contributed by atoms with Gasteiger partial charge in [0, 0.05) is 11.1 Å². The van der Waals surface area contributed by atoms with Crippen LogP contribution in [0.1, 0.15) is 66.9 Å². The fourth-order valence-electron chi connectivity index (χ4n) is 3.69. The second kappa shape index (κ2) is 13.1. The third-order valence-electron chi connectivity index (χ3n) is 5.58. The maximum absolute atomic E-state index is 12.8. The standard InChI is InChI=1S/C24H32N4O6/c1-3-5-6-7-18(19(4-2)28(33)15-29)23(31)26-14-27-24(32)21-13-12-20(34-21)16-8-10-17(11-9-16)22(25)30/h8-13,15,18-19,33H,3-7,14H2,1-2H3,(H2,25,30)(H,26,31)(H,27,32)/t18-,19-/m1/s1. The molecule has 0 aliphatic carbocycles. The number of primary amides is 1. The summed E-state index contributed by atoms with van der Waals surface area (Å²) in [6.07, 6.45) is 3.88. The molecule has 0 aliphatic rings. The van der Waals surface area contributed by atoms with E-state index in [1.807, 2.05) is 6.92 Å². The van der Waals surface area contributed by atoms with E-state index in [1.54, 1.807) is 37.3 Å². The zero-order valence-corrected chi connectivity index (χ0v) is 19.5. The van der Waals surface area contributed by atoms with Crippen LogP contribution in [0.15, 0.2) is 40.8 Å². The highest BCUT2D eigenvalue weighted by molar-refractivity contribution is 5.94. The molecule has 34 heavy (non-hydrogen) atoms. The van der Waals surface area contributed by atoms with E-state index >= 15 is 0 Å². The normalized spacial score (nSPS) is 12.4. The smallest absolute Gasteiger partial charge is 0.288 e. The molecule has 1 heterocycles. The number of carbonyl (C=O) groups excluding carboxylic acids is 4. The van der Waals surface area contributed by atoms with E-state index in [9.17, 15) is 24.4 Å². The Morgan fingerprint density at radius 2 is 1.79 bits per heavy atom. The van der Waals surface area contributed by atoms with Gasteiger partial charge in [-0.15, -0.1) is 0 Å². The molecule has 4 amide bonds. The Labute approximate surface area is 198 Å². The van der Waals surface area contributed by atoms with E-state index in [1.165, 1.54) is 6.07 Å². The van der Waals surface area contributed by atoms with Crippen molar-refractivity contribution in [1.82, 2.24) is 15.7 Å². The predicted octanol–water partition coefficient (Wildman–Crippen LogP) is 2.67. The van der Waals surface area contributed by atoms with Crippen LogP contribution in [0.4, 0.5) is 0 Å². The van der Waals surface area contributed by atoms with E-state index in [-0.39, 0.29) is 18.3 Å². The largest absolute Gasteiger partial charge is 0.451 e. The van der Waals surface area contributed by atoms with Crippen molar-refractivity contribution in [3.8, 4) is 11.3 Å². The molecule has 0 fully saturated rings. The summed E-state index contributed by atoms with van der Waals surface area (Å²) in [6, 6.07) is 8.92. The predicted molar refractivity (Wildman–Crippen MR) is 125 cm³/mol. The quantitative estimate of drug-likeness (QED) is 0.109. The van der Waals surface area contributed by atoms with Gasteiger partial charge in [-0.05, 0) is 37.1 Å². The fraction of sp³-hybridized carbons (Fsp3) is 0.417. The SMILES string of the molecule is CCCCC[C@@H](C(=O)NCNC(=O)c1ccc(-c2ccc(C(N)=O)cc2)o1)[C@@H](CC)N(O)C=O. The van der Waals surface area contributed by atoms with E-state index in [0.717, 1.165) is 19.3 Å². The van der Waals surface area contributed by atoms with Gasteiger partial charge in [0.1, 0.15) is 5.76 Å². The topological polar surface area (TPSA) is 155 Å². The Kier molecular flexibility index (Phi) is 10.3. The molecular formula is C24H32N4O6. The molecule has 0 bridgehead atoms. The molecule has 0 spiro atoms. The lowest BCUT2D eigenvalue weighted by molar-refractivity contribution is -0.168. The summed E-state index contributed by atoms with van der Waals surface area (Å²) in [4.78, 5) is 47.4. The number of nitrogens with zero attached hydrogens (tertiary/aromatic N) is 1. The van der Waals surface area contributed by atoms with E-state index in [0.29, 0.717) is 41.2 Å². The molecule has 0 saturated carbocycles. The number of unbranched alkanes of at least 4 members (excludes halogenated alkanes) is 2. The Balaban J connectivity index is 1.96. The first kappa shape index (κ1) is 26.6. The lowest BCUT2D eigenvalue weighted by atomic mass is 9.90. The van der Waals surface area contributed by atoms with Crippen molar-refractivity contribution in [3.05, 3.63) is 47.7 Å². The van der Waals surface area contributed by atoms with Gasteiger partial charge < -0.3 is 20.8 Å². The number of hydrogen-bond acceptors (Lipinski definition) is 6. The molecule has 2 rings (SSSR count). The Morgan fingerprint density at radius 3 is 2.38 bits per heavy atom. The van der Waals surface area contributed by atoms with Gasteiger partial charge in [0.05, 0.1) is 18.6 Å². The van der Waals surface area contributed by atoms with Crippen molar-refractivity contribution in [1.29, 1.82) is 0 Å². The highest BCUT2D eigenvalue weighted by Crippen LogP contribution is 2.23. The number of nitrogens with one attached hydrogen (secondary N) is 2. The van der Waals surface area contributed by atoms with Crippen LogP contribution in [0.2, 0.25) is 0 Å². The molecule has 10 nitrogen and oxygen atoms in total. The zero-order valence-electron chi connectivity index (χ0n) is 19.5. The van der Waals surface area contributed by atoms with Gasteiger partial charge in [-0.2, -0.15) is 0 Å². The number of benzene rings is 1. The molecule has 5 N–H and O–H groups in total. The molecule has 0 aliphatic heterocycles. The third-order valence-corrected chi connectivity index (χ3v) is 5.58. The van der Waals surface area contributed by atoms with Crippen LogP contribution < -0.4 is 16.4 Å². The first-order chi connectivity index (χ1) is 16.3. The van der Waals surface area contributed by atoms with Crippen LogP contribution in [-0.2, 0) is 9.59 Å². The lowest BCUT2D eigenvalue weighted by Gasteiger charge is -2.29. The number of carbonyl (C=O) groups is 4. The Morgan fingerprint density at radius 1 is 1.09 bits per heavy atom. The van der Waals surface area contributed by atoms with Crippen molar-refractivity contribution in [2.24, 2.45) is 11.7 Å². The van der Waals surface area contributed by atoms with Gasteiger partial charge >= 0.3 is 0 Å². The van der Waals surface area contributed by atoms with Crippen molar-refractivity contribution in [3.63, 3.8) is 0 Å². The van der Waals surface area contributed by atoms with E-state index < -0.39 is 23.8 Å². The number of rotatable bonds is 14. The maximum Gasteiger partial charge on any atom is 0.288 e. The van der Waals surface area contributed by atoms with Crippen LogP contribution in [0.25, 0.3) is 11.3 Å². The Hall–Kier alpha value is -3.66. The number of nitrogens with two attached hydrogens (primary N) is 1.